The molecule has 6 bridgehead atoms. The maximum atomic E-state index is 5.60. The summed E-state index contributed by atoms with van der Waals surface area (Å²) < 4.78 is 19.8. The summed E-state index contributed by atoms with van der Waals surface area (Å²) in [7, 11) is 0. The van der Waals surface area contributed by atoms with Crippen molar-refractivity contribution < 1.29 is 18.9 Å². The summed E-state index contributed by atoms with van der Waals surface area (Å²) in [6, 6.07) is 0. The van der Waals surface area contributed by atoms with Gasteiger partial charge < -0.3 is 18.9 Å². The van der Waals surface area contributed by atoms with E-state index in [1.165, 1.54) is 173 Å². The third-order valence-corrected chi connectivity index (χ3v) is 26.1. The normalized spacial score (nSPS) is 26.9. The van der Waals surface area contributed by atoms with Crippen LogP contribution in [0.5, 0.6) is 0 Å². The van der Waals surface area contributed by atoms with Gasteiger partial charge in [0.2, 0.25) is 6.29 Å². The van der Waals surface area contributed by atoms with Gasteiger partial charge in [0.05, 0.1) is 32.3 Å². The molecule has 0 N–H and O–H groups in total. The van der Waals surface area contributed by atoms with E-state index in [1.54, 1.807) is 0 Å². The first-order chi connectivity index (χ1) is 61.7. The third-order valence-electron chi connectivity index (χ3n) is 26.1. The van der Waals surface area contributed by atoms with Gasteiger partial charge in [0.25, 0.3) is 0 Å². The zero-order chi connectivity index (χ0) is 91.0. The average Bonchev–Trinajstić information content (AvgIpc) is 0.768. The Balaban J connectivity index is 0.000000292. The average molecular weight is 1660 g/mol. The summed E-state index contributed by atoms with van der Waals surface area (Å²) in [5.41, 5.74) is 1.06. The minimum absolute atomic E-state index is 0.170. The Labute approximate surface area is 768 Å². The van der Waals surface area contributed by atoms with Gasteiger partial charge in [0.15, 0.2) is 0 Å². The summed E-state index contributed by atoms with van der Waals surface area (Å²) >= 11 is 0. The molecule has 4 heteroatoms. The highest BCUT2D eigenvalue weighted by molar-refractivity contribution is 5.37. The van der Waals surface area contributed by atoms with Gasteiger partial charge in [-0.25, -0.2) is 0 Å². The Morgan fingerprint density at radius 3 is 0.714 bits per heavy atom. The van der Waals surface area contributed by atoms with Gasteiger partial charge >= 0.3 is 0 Å². The maximum Gasteiger partial charge on any atom is 0.222 e. The first-order valence-corrected chi connectivity index (χ1v) is 46.1. The van der Waals surface area contributed by atoms with Crippen molar-refractivity contribution in [1.82, 2.24) is 0 Å². The van der Waals surface area contributed by atoms with E-state index < -0.39 is 0 Å². The second-order valence-electron chi connectivity index (χ2n) is 34.6. The van der Waals surface area contributed by atoms with Crippen LogP contribution >= 0.6 is 0 Å². The lowest BCUT2D eigenvalue weighted by Crippen LogP contribution is -2.39. The second-order valence-corrected chi connectivity index (χ2v) is 34.6. The first kappa shape index (κ1) is 106. The predicted octanol–water partition coefficient (Wildman–Crippen LogP) is 21.2. The van der Waals surface area contributed by atoms with Crippen LogP contribution in [0.2, 0.25) is 0 Å². The fourth-order valence-corrected chi connectivity index (χ4v) is 18.2. The van der Waals surface area contributed by atoms with Crippen molar-refractivity contribution in [2.45, 2.75) is 302 Å². The van der Waals surface area contributed by atoms with Crippen LogP contribution in [0.15, 0.2) is 0 Å². The van der Waals surface area contributed by atoms with E-state index in [1.807, 2.05) is 0 Å². The molecule has 17 aliphatic rings. The monoisotopic (exact) mass is 1660 g/mol. The molecule has 0 amide bonds. The third kappa shape index (κ3) is 46.1. The van der Waals surface area contributed by atoms with Gasteiger partial charge in [-0.15, -0.1) is 108 Å². The Morgan fingerprint density at radius 2 is 0.452 bits per heavy atom. The van der Waals surface area contributed by atoms with Crippen LogP contribution in [0.4, 0.5) is 0 Å². The topological polar surface area (TPSA) is 36.9 Å². The number of hydrogen-bond acceptors (Lipinski definition) is 4. The minimum atomic E-state index is -0.385. The highest BCUT2D eigenvalue weighted by Gasteiger charge is 2.47. The van der Waals surface area contributed by atoms with Crippen LogP contribution in [0.1, 0.15) is 295 Å². The SMILES string of the molecule is C#CC#CC#CC12CCC(CC1)CC2.C#CC#CC#CC1CCCCC1.C#CC#CC12CCC(C#C)(CC1)CC2.C#CC#CC12CCC(CC1)CC2.C#CC#CC1CCC(C#C)CC1.C#CC#CC1CCC(C#C)CC1.C#CC#CC1CCC(C#CC#C)CC1.C#CC#CC1CCCCC1.C#CC#CC1CCCCC1.C#CC1COCOC1.C#CC1OCCCO1. The molecule has 15 aliphatic carbocycles. The Hall–Kier alpha value is -12.0. The van der Waals surface area contributed by atoms with Crippen LogP contribution < -0.4 is 0 Å². The molecule has 0 radical (unpaired) electrons. The molecule has 4 nitrogen and oxygen atoms in total. The molecule has 126 heavy (non-hydrogen) atoms. The van der Waals surface area contributed by atoms with Crippen LogP contribution in [-0.2, 0) is 18.9 Å². The van der Waals surface area contributed by atoms with Crippen LogP contribution in [0, 0.1) is 420 Å². The molecule has 0 atom stereocenters. The molecule has 642 valence electrons. The first-order valence-electron chi connectivity index (χ1n) is 46.1. The van der Waals surface area contributed by atoms with Gasteiger partial charge in [-0.2, -0.15) is 0 Å². The molecule has 17 fully saturated rings. The highest BCUT2D eigenvalue weighted by Crippen LogP contribution is 2.56. The van der Waals surface area contributed by atoms with Gasteiger partial charge in [0.1, 0.15) is 6.79 Å². The van der Waals surface area contributed by atoms with Crippen molar-refractivity contribution in [3.8, 4) is 327 Å². The highest BCUT2D eigenvalue weighted by atomic mass is 16.7. The van der Waals surface area contributed by atoms with Crippen molar-refractivity contribution in [1.29, 1.82) is 0 Å². The lowest BCUT2D eigenvalue weighted by molar-refractivity contribution is -0.143. The van der Waals surface area contributed by atoms with Gasteiger partial charge in [-0.05, 0) is 397 Å². The zero-order valence-electron chi connectivity index (χ0n) is 75.4. The fraction of sp³-hybridized carbons (Fsp3) is 0.557. The molecule has 0 spiro atoms. The molecular weight excluding hydrogens is 1530 g/mol. The quantitative estimate of drug-likeness (QED) is 0.227. The number of hydrogen-bond donors (Lipinski definition) is 0. The Kier molecular flexibility index (Phi) is 56.8. The zero-order valence-corrected chi connectivity index (χ0v) is 75.4. The molecule has 0 unspecified atom stereocenters. The molecule has 2 heterocycles. The van der Waals surface area contributed by atoms with Crippen LogP contribution in [-0.4, -0.2) is 39.5 Å². The van der Waals surface area contributed by atoms with Gasteiger partial charge in [-0.3, -0.25) is 0 Å². The van der Waals surface area contributed by atoms with E-state index in [0.29, 0.717) is 84.1 Å². The summed E-state index contributed by atoms with van der Waals surface area (Å²) in [6.07, 6.45) is 133. The Morgan fingerprint density at radius 1 is 0.198 bits per heavy atom. The molecule has 15 saturated carbocycles. The maximum absolute atomic E-state index is 5.60. The number of rotatable bonds is 0. The van der Waals surface area contributed by atoms with Crippen molar-refractivity contribution in [3.63, 3.8) is 0 Å². The van der Waals surface area contributed by atoms with E-state index in [9.17, 15) is 0 Å². The molecule has 0 aromatic rings. The number of terminal acetylenes is 15. The lowest BCUT2D eigenvalue weighted by Gasteiger charge is -2.48. The molecule has 0 aromatic heterocycles. The molecular formula is C122H130O4. The van der Waals surface area contributed by atoms with E-state index in [2.05, 4.69) is 231 Å². The second kappa shape index (κ2) is 67.4. The number of ether oxygens (including phenoxy) is 4. The van der Waals surface area contributed by atoms with Gasteiger partial charge in [0, 0.05) is 74.9 Å². The summed E-state index contributed by atoms with van der Waals surface area (Å²) in [4.78, 5) is 0. The molecule has 2 aliphatic heterocycles. The smallest absolute Gasteiger partial charge is 0.222 e. The van der Waals surface area contributed by atoms with Crippen molar-refractivity contribution in [2.24, 2.45) is 92.7 Å². The molecule has 2 saturated heterocycles. The van der Waals surface area contributed by atoms with Crippen molar-refractivity contribution in [3.05, 3.63) is 0 Å². The minimum Gasteiger partial charge on any atom is -0.354 e. The summed E-state index contributed by atoms with van der Waals surface area (Å²) in [5, 5.41) is 0. The van der Waals surface area contributed by atoms with E-state index in [4.69, 9.17) is 115 Å². The van der Waals surface area contributed by atoms with Crippen LogP contribution in [0.25, 0.3) is 0 Å². The van der Waals surface area contributed by atoms with Crippen molar-refractivity contribution in [2.75, 3.05) is 33.2 Å². The van der Waals surface area contributed by atoms with E-state index in [0.717, 1.165) is 147 Å². The molecule has 0 aromatic carbocycles. The standard InChI is InChI=1S/2C14H14.C14H12.C12H14.3C12H12.2C10H12.2C6H8O2/c1-3-5-6-14-10-7-13(4-2,8-11-14)9-12-14;1-2-3-4-5-9-14-10-6-13(7-11-14)8-12-14;1-3-5-7-13-9-11-14(12-10-13)8-6-4-2;1-2-3-7-12-8-4-11(5-9-12)6-10-12;2*1-3-5-6-12-9-7-11(4-2)8-10-12;1-2-3-4-6-9-12-10-7-5-8-11-12;2*1-2-3-7-10-8-5-4-6-9-10;1-2-6-3-7-5-8-4-6;1-2-6-7-4-3-5-8-6/h1-2H,7-12H2;1,13H,6-8,10-12H2;1-2,13-14H,9-12H2;1,11H,4-6,8-10H2;2*1-2,11-12H,7-10H2;1,12H,5,7-8,10-11H2;2*1,10H,4-6,8-9H2;2*1,6H,3-5H2. The van der Waals surface area contributed by atoms with E-state index in [-0.39, 0.29) is 23.0 Å². The fourth-order valence-electron chi connectivity index (χ4n) is 18.2. The lowest BCUT2D eigenvalue weighted by atomic mass is 9.54. The van der Waals surface area contributed by atoms with E-state index >= 15 is 0 Å². The summed E-state index contributed by atoms with van der Waals surface area (Å²) in [5.74, 6) is 113. The van der Waals surface area contributed by atoms with Gasteiger partial charge in [-0.1, -0.05) is 129 Å². The molecule has 17 rings (SSSR count). The number of fused-ring (bicyclic) bond motifs is 9. The van der Waals surface area contributed by atoms with Crippen LogP contribution in [0.3, 0.4) is 0 Å². The van der Waals surface area contributed by atoms with Crippen molar-refractivity contribution >= 4 is 0 Å². The summed E-state index contributed by atoms with van der Waals surface area (Å²) in [6.45, 7) is 3.16. The Bertz CT molecular complexity index is 4650. The largest absolute Gasteiger partial charge is 0.354 e. The predicted molar refractivity (Wildman–Crippen MR) is 522 cm³/mol.